The Labute approximate surface area is 86.5 Å². The van der Waals surface area contributed by atoms with Crippen molar-refractivity contribution in [3.63, 3.8) is 0 Å². The minimum absolute atomic E-state index is 0.308. The number of alkyl halides is 1. The Morgan fingerprint density at radius 1 is 1.69 bits per heavy atom. The Kier molecular flexibility index (Phi) is 4.48. The molecule has 1 atom stereocenters. The van der Waals surface area contributed by atoms with Gasteiger partial charge in [0.2, 0.25) is 0 Å². The highest BCUT2D eigenvalue weighted by atomic mass is 79.9. The Bertz CT molecular complexity index is 226. The molecule has 0 aliphatic heterocycles. The lowest BCUT2D eigenvalue weighted by Gasteiger charge is -2.18. The van der Waals surface area contributed by atoms with Gasteiger partial charge in [-0.1, -0.05) is 15.9 Å². The number of furan rings is 1. The number of aliphatic hydroxyl groups excluding tert-OH is 1. The minimum atomic E-state index is -0.308. The van der Waals surface area contributed by atoms with Gasteiger partial charge in [-0.15, -0.1) is 0 Å². The highest BCUT2D eigenvalue weighted by Crippen LogP contribution is 2.04. The number of likely N-dealkylation sites (N-methyl/N-ethyl adjacent to an activating group) is 1. The van der Waals surface area contributed by atoms with Gasteiger partial charge >= 0.3 is 0 Å². The molecule has 1 N–H and O–H groups in total. The van der Waals surface area contributed by atoms with Crippen LogP contribution in [0.4, 0.5) is 0 Å². The van der Waals surface area contributed by atoms with Crippen molar-refractivity contribution in [1.29, 1.82) is 0 Å². The van der Waals surface area contributed by atoms with Crippen molar-refractivity contribution >= 4 is 15.9 Å². The van der Waals surface area contributed by atoms with Crippen LogP contribution in [-0.2, 0) is 6.54 Å². The molecule has 1 rings (SSSR count). The molecule has 0 saturated carbocycles. The molecular weight excluding hydrogens is 234 g/mol. The molecule has 0 fully saturated rings. The number of rotatable bonds is 5. The molecule has 0 spiro atoms. The number of hydrogen-bond acceptors (Lipinski definition) is 3. The molecule has 4 heteroatoms. The van der Waals surface area contributed by atoms with Crippen molar-refractivity contribution < 1.29 is 9.52 Å². The van der Waals surface area contributed by atoms with Crippen molar-refractivity contribution in [1.82, 2.24) is 4.90 Å². The molecule has 1 unspecified atom stereocenters. The van der Waals surface area contributed by atoms with Crippen molar-refractivity contribution in [2.45, 2.75) is 12.6 Å². The third-order valence-electron chi connectivity index (χ3n) is 1.73. The topological polar surface area (TPSA) is 36.6 Å². The van der Waals surface area contributed by atoms with Gasteiger partial charge in [0.05, 0.1) is 18.6 Å². The first-order valence-electron chi connectivity index (χ1n) is 4.16. The maximum Gasteiger partial charge on any atom is 0.0947 e. The van der Waals surface area contributed by atoms with Crippen LogP contribution in [0.1, 0.15) is 5.56 Å². The Morgan fingerprint density at radius 2 is 2.46 bits per heavy atom. The number of nitrogens with zero attached hydrogens (tertiary/aromatic N) is 1. The largest absolute Gasteiger partial charge is 0.472 e. The minimum Gasteiger partial charge on any atom is -0.472 e. The van der Waals surface area contributed by atoms with Crippen LogP contribution in [-0.4, -0.2) is 35.0 Å². The number of halogens is 1. The first-order chi connectivity index (χ1) is 6.22. The molecule has 1 aromatic heterocycles. The monoisotopic (exact) mass is 247 g/mol. The average Bonchev–Trinajstić information content (AvgIpc) is 2.56. The number of hydrogen-bond donors (Lipinski definition) is 1. The van der Waals surface area contributed by atoms with Crippen LogP contribution in [0.25, 0.3) is 0 Å². The lowest BCUT2D eigenvalue weighted by Crippen LogP contribution is -2.29. The average molecular weight is 248 g/mol. The summed E-state index contributed by atoms with van der Waals surface area (Å²) in [6.45, 7) is 1.47. The Hall–Kier alpha value is -0.320. The molecule has 0 aliphatic carbocycles. The maximum absolute atomic E-state index is 9.34. The quantitative estimate of drug-likeness (QED) is 0.801. The normalized spacial score (nSPS) is 13.5. The van der Waals surface area contributed by atoms with E-state index >= 15 is 0 Å². The van der Waals surface area contributed by atoms with Crippen LogP contribution in [0.3, 0.4) is 0 Å². The zero-order chi connectivity index (χ0) is 9.68. The Morgan fingerprint density at radius 3 is 3.00 bits per heavy atom. The van der Waals surface area contributed by atoms with E-state index in [-0.39, 0.29) is 6.10 Å². The highest BCUT2D eigenvalue weighted by molar-refractivity contribution is 9.09. The van der Waals surface area contributed by atoms with Crippen molar-refractivity contribution in [2.75, 3.05) is 18.9 Å². The van der Waals surface area contributed by atoms with Gasteiger partial charge in [-0.05, 0) is 13.1 Å². The Balaban J connectivity index is 2.29. The van der Waals surface area contributed by atoms with Crippen LogP contribution < -0.4 is 0 Å². The van der Waals surface area contributed by atoms with E-state index in [2.05, 4.69) is 20.8 Å². The van der Waals surface area contributed by atoms with Gasteiger partial charge in [0.15, 0.2) is 0 Å². The predicted molar refractivity (Wildman–Crippen MR) is 54.8 cm³/mol. The van der Waals surface area contributed by atoms with Crippen LogP contribution in [0, 0.1) is 0 Å². The van der Waals surface area contributed by atoms with Crippen LogP contribution in [0.2, 0.25) is 0 Å². The standard InChI is InChI=1S/C9H14BrNO2/c1-11(6-9(12)4-10)5-8-2-3-13-7-8/h2-3,7,9,12H,4-6H2,1H3. The summed E-state index contributed by atoms with van der Waals surface area (Å²) in [5.41, 5.74) is 1.13. The van der Waals surface area contributed by atoms with Gasteiger partial charge in [-0.25, -0.2) is 0 Å². The van der Waals surface area contributed by atoms with Crippen molar-refractivity contribution in [3.05, 3.63) is 24.2 Å². The SMILES string of the molecule is CN(Cc1ccoc1)CC(O)CBr. The smallest absolute Gasteiger partial charge is 0.0947 e. The van der Waals surface area contributed by atoms with E-state index in [0.29, 0.717) is 11.9 Å². The molecule has 0 radical (unpaired) electrons. The van der Waals surface area contributed by atoms with E-state index in [4.69, 9.17) is 4.42 Å². The summed E-state index contributed by atoms with van der Waals surface area (Å²) in [6, 6.07) is 1.93. The molecule has 0 saturated heterocycles. The predicted octanol–water partition coefficient (Wildman–Crippen LogP) is 1.47. The number of aliphatic hydroxyl groups is 1. The van der Waals surface area contributed by atoms with Gasteiger partial charge < -0.3 is 9.52 Å². The molecule has 3 nitrogen and oxygen atoms in total. The lowest BCUT2D eigenvalue weighted by atomic mass is 10.3. The first kappa shape index (κ1) is 10.8. The van der Waals surface area contributed by atoms with E-state index in [0.717, 1.165) is 12.1 Å². The molecule has 1 aromatic rings. The second-order valence-corrected chi connectivity index (χ2v) is 3.78. The second-order valence-electron chi connectivity index (χ2n) is 3.14. The summed E-state index contributed by atoms with van der Waals surface area (Å²) in [7, 11) is 1.97. The zero-order valence-electron chi connectivity index (χ0n) is 7.61. The van der Waals surface area contributed by atoms with Crippen LogP contribution in [0.15, 0.2) is 23.0 Å². The fourth-order valence-electron chi connectivity index (χ4n) is 1.17. The van der Waals surface area contributed by atoms with E-state index < -0.39 is 0 Å². The molecule has 74 valence electrons. The molecule has 1 heterocycles. The summed E-state index contributed by atoms with van der Waals surface area (Å²) < 4.78 is 4.95. The maximum atomic E-state index is 9.34. The summed E-state index contributed by atoms with van der Waals surface area (Å²) in [4.78, 5) is 2.05. The van der Waals surface area contributed by atoms with Gasteiger partial charge in [-0.3, -0.25) is 4.90 Å². The molecule has 0 bridgehead atoms. The third kappa shape index (κ3) is 3.93. The zero-order valence-corrected chi connectivity index (χ0v) is 9.20. The van der Waals surface area contributed by atoms with Gasteiger partial charge in [0.1, 0.15) is 0 Å². The lowest BCUT2D eigenvalue weighted by molar-refractivity contribution is 0.143. The van der Waals surface area contributed by atoms with Crippen molar-refractivity contribution in [3.8, 4) is 0 Å². The van der Waals surface area contributed by atoms with E-state index in [1.165, 1.54) is 0 Å². The molecular formula is C9H14BrNO2. The molecule has 13 heavy (non-hydrogen) atoms. The summed E-state index contributed by atoms with van der Waals surface area (Å²) >= 11 is 3.23. The fraction of sp³-hybridized carbons (Fsp3) is 0.556. The van der Waals surface area contributed by atoms with Gasteiger partial charge in [0.25, 0.3) is 0 Å². The highest BCUT2D eigenvalue weighted by Gasteiger charge is 2.07. The third-order valence-corrected chi connectivity index (χ3v) is 2.48. The van der Waals surface area contributed by atoms with E-state index in [1.54, 1.807) is 12.5 Å². The fourth-order valence-corrected chi connectivity index (χ4v) is 1.37. The second kappa shape index (κ2) is 5.42. The first-order valence-corrected chi connectivity index (χ1v) is 5.28. The van der Waals surface area contributed by atoms with Crippen LogP contribution in [0.5, 0.6) is 0 Å². The van der Waals surface area contributed by atoms with E-state index in [9.17, 15) is 5.11 Å². The summed E-state index contributed by atoms with van der Waals surface area (Å²) in [6.07, 6.45) is 3.07. The van der Waals surface area contributed by atoms with Gasteiger partial charge in [-0.2, -0.15) is 0 Å². The molecule has 0 amide bonds. The molecule has 0 aliphatic rings. The van der Waals surface area contributed by atoms with E-state index in [1.807, 2.05) is 13.1 Å². The summed E-state index contributed by atoms with van der Waals surface area (Å²) in [5.74, 6) is 0. The molecule has 0 aromatic carbocycles. The van der Waals surface area contributed by atoms with Gasteiger partial charge in [0, 0.05) is 24.0 Å². The van der Waals surface area contributed by atoms with Crippen LogP contribution >= 0.6 is 15.9 Å². The summed E-state index contributed by atoms with van der Waals surface area (Å²) in [5, 5.41) is 9.96. The van der Waals surface area contributed by atoms with Crippen molar-refractivity contribution in [2.24, 2.45) is 0 Å².